The van der Waals surface area contributed by atoms with Gasteiger partial charge in [0.05, 0.1) is 22.1 Å². The molecule has 0 spiro atoms. The maximum atomic E-state index is 2.46. The summed E-state index contributed by atoms with van der Waals surface area (Å²) in [5.41, 5.74) is 22.6. The second kappa shape index (κ2) is 14.2. The second-order valence-electron chi connectivity index (χ2n) is 16.8. The lowest BCUT2D eigenvalue weighted by Crippen LogP contribution is -1.95. The summed E-state index contributed by atoms with van der Waals surface area (Å²) >= 11 is 0. The quantitative estimate of drug-likeness (QED) is 0.159. The molecule has 1 aliphatic rings. The van der Waals surface area contributed by atoms with Gasteiger partial charge in [0.1, 0.15) is 0 Å². The number of rotatable bonds is 6. The van der Waals surface area contributed by atoms with Crippen molar-refractivity contribution in [3.63, 3.8) is 0 Å². The molecule has 294 valence electrons. The average Bonchev–Trinajstić information content (AvgIpc) is 4.03. The summed E-state index contributed by atoms with van der Waals surface area (Å²) in [6.45, 7) is 0. The van der Waals surface area contributed by atoms with E-state index in [4.69, 9.17) is 0 Å². The molecule has 2 aromatic heterocycles. The summed E-state index contributed by atoms with van der Waals surface area (Å²) in [6.07, 6.45) is 0.927. The predicted octanol–water partition coefficient (Wildman–Crippen LogP) is 16.1. The Labute approximate surface area is 366 Å². The van der Waals surface area contributed by atoms with Gasteiger partial charge in [-0.3, -0.25) is 0 Å². The van der Waals surface area contributed by atoms with E-state index in [1.165, 1.54) is 110 Å². The number of aromatic nitrogens is 2. The Morgan fingerprint density at radius 3 is 1.25 bits per heavy atom. The molecule has 1 aliphatic carbocycles. The largest absolute Gasteiger partial charge is 0.309 e. The van der Waals surface area contributed by atoms with Crippen molar-refractivity contribution in [1.82, 2.24) is 9.13 Å². The molecular weight excluding hydrogens is 761 g/mol. The summed E-state index contributed by atoms with van der Waals surface area (Å²) in [5.74, 6) is 0. The van der Waals surface area contributed by atoms with Crippen molar-refractivity contribution in [2.75, 3.05) is 0 Å². The van der Waals surface area contributed by atoms with E-state index in [2.05, 4.69) is 240 Å². The first kappa shape index (κ1) is 35.5. The minimum absolute atomic E-state index is 0.927. The molecule has 2 heteroatoms. The van der Waals surface area contributed by atoms with Gasteiger partial charge in [-0.25, -0.2) is 0 Å². The zero-order valence-electron chi connectivity index (χ0n) is 34.5. The molecule has 0 aliphatic heterocycles. The van der Waals surface area contributed by atoms with Crippen LogP contribution >= 0.6 is 0 Å². The molecule has 13 rings (SSSR count). The fraction of sp³-hybridized carbons (Fsp3) is 0.0164. The van der Waals surface area contributed by atoms with Gasteiger partial charge in [-0.15, -0.1) is 0 Å². The molecular formula is C61H40N2. The molecule has 12 aromatic rings. The van der Waals surface area contributed by atoms with Crippen LogP contribution < -0.4 is 0 Å². The van der Waals surface area contributed by atoms with Crippen LogP contribution in [0.1, 0.15) is 11.1 Å². The van der Waals surface area contributed by atoms with Gasteiger partial charge >= 0.3 is 0 Å². The highest BCUT2D eigenvalue weighted by atomic mass is 15.0. The molecule has 10 aromatic carbocycles. The van der Waals surface area contributed by atoms with Gasteiger partial charge in [0.2, 0.25) is 0 Å². The van der Waals surface area contributed by atoms with Crippen LogP contribution in [-0.4, -0.2) is 9.13 Å². The Bertz CT molecular complexity index is 3720. The smallest absolute Gasteiger partial charge is 0.0548 e. The van der Waals surface area contributed by atoms with Crippen LogP contribution in [0.25, 0.3) is 111 Å². The van der Waals surface area contributed by atoms with Gasteiger partial charge in [-0.2, -0.15) is 0 Å². The molecule has 0 unspecified atom stereocenters. The third-order valence-electron chi connectivity index (χ3n) is 13.4. The van der Waals surface area contributed by atoms with Crippen LogP contribution in [0, 0.1) is 0 Å². The van der Waals surface area contributed by atoms with Gasteiger partial charge in [0, 0.05) is 32.9 Å². The molecule has 0 atom stereocenters. The molecule has 0 bridgehead atoms. The standard InChI is InChI=1S/C61H40N2/c1-3-14-40(15-4-1)41-28-30-42(31-29-41)45-18-11-19-47(38-45)63-57-27-10-8-21-53(57)61-59(63)37-36-58-60(61)52-20-7-9-26-56(52)62(58)46-34-32-44(33-35-46)49-23-13-25-51-50-24-12-22-48(54(50)39-55(49)51)43-16-5-2-6-17-43/h1-38H,39H2. The van der Waals surface area contributed by atoms with Crippen molar-refractivity contribution in [2.45, 2.75) is 6.42 Å². The summed E-state index contributed by atoms with van der Waals surface area (Å²) in [5, 5.41) is 5.07. The summed E-state index contributed by atoms with van der Waals surface area (Å²) in [4.78, 5) is 0. The number of para-hydroxylation sites is 2. The zero-order valence-corrected chi connectivity index (χ0v) is 34.5. The number of hydrogen-bond donors (Lipinski definition) is 0. The molecule has 0 N–H and O–H groups in total. The molecule has 2 nitrogen and oxygen atoms in total. The molecule has 0 fully saturated rings. The average molecular weight is 801 g/mol. The van der Waals surface area contributed by atoms with Crippen LogP contribution in [0.2, 0.25) is 0 Å². The minimum atomic E-state index is 0.927. The lowest BCUT2D eigenvalue weighted by Gasteiger charge is -2.12. The lowest BCUT2D eigenvalue weighted by atomic mass is 9.95. The Morgan fingerprint density at radius 2 is 0.667 bits per heavy atom. The van der Waals surface area contributed by atoms with E-state index in [0.717, 1.165) is 17.8 Å². The van der Waals surface area contributed by atoms with Crippen molar-refractivity contribution in [2.24, 2.45) is 0 Å². The Hall–Kier alpha value is -8.20. The summed E-state index contributed by atoms with van der Waals surface area (Å²) < 4.78 is 4.91. The second-order valence-corrected chi connectivity index (χ2v) is 16.8. The van der Waals surface area contributed by atoms with E-state index < -0.39 is 0 Å². The third-order valence-corrected chi connectivity index (χ3v) is 13.4. The van der Waals surface area contributed by atoms with Crippen molar-refractivity contribution in [3.05, 3.63) is 242 Å². The van der Waals surface area contributed by atoms with E-state index in [0.29, 0.717) is 0 Å². The highest BCUT2D eigenvalue weighted by Crippen LogP contribution is 2.46. The van der Waals surface area contributed by atoms with Gasteiger partial charge in [0.25, 0.3) is 0 Å². The first-order valence-corrected chi connectivity index (χ1v) is 21.9. The summed E-state index contributed by atoms with van der Waals surface area (Å²) in [6, 6.07) is 84.6. The zero-order chi connectivity index (χ0) is 41.4. The van der Waals surface area contributed by atoms with Gasteiger partial charge < -0.3 is 9.13 Å². The number of fused-ring (bicyclic) bond motifs is 10. The first-order valence-electron chi connectivity index (χ1n) is 21.9. The molecule has 2 heterocycles. The van der Waals surface area contributed by atoms with Crippen molar-refractivity contribution < 1.29 is 0 Å². The van der Waals surface area contributed by atoms with Gasteiger partial charge in [0.15, 0.2) is 0 Å². The maximum Gasteiger partial charge on any atom is 0.0548 e. The Balaban J connectivity index is 0.917. The number of hydrogen-bond acceptors (Lipinski definition) is 0. The van der Waals surface area contributed by atoms with Crippen molar-refractivity contribution in [1.29, 1.82) is 0 Å². The molecule has 63 heavy (non-hydrogen) atoms. The first-order chi connectivity index (χ1) is 31.3. The van der Waals surface area contributed by atoms with Gasteiger partial charge in [-0.05, 0) is 122 Å². The number of nitrogens with zero attached hydrogens (tertiary/aromatic N) is 2. The minimum Gasteiger partial charge on any atom is -0.309 e. The van der Waals surface area contributed by atoms with Gasteiger partial charge in [-0.1, -0.05) is 182 Å². The SMILES string of the molecule is c1ccc(-c2ccc(-c3cccc(-n4c5ccccc5c5c6c7ccccc7n(-c7ccc(-c8cccc9c8Cc8c(-c%10ccccc%10)cccc8-9)cc7)c6ccc54)c3)cc2)cc1. The van der Waals surface area contributed by atoms with E-state index in [-0.39, 0.29) is 0 Å². The van der Waals surface area contributed by atoms with Crippen molar-refractivity contribution in [3.8, 4) is 67.0 Å². The van der Waals surface area contributed by atoms with E-state index >= 15 is 0 Å². The Morgan fingerprint density at radius 1 is 0.254 bits per heavy atom. The van der Waals surface area contributed by atoms with Crippen LogP contribution in [0.4, 0.5) is 0 Å². The molecule has 0 saturated heterocycles. The molecule has 0 amide bonds. The normalized spacial score (nSPS) is 12.1. The topological polar surface area (TPSA) is 9.86 Å². The Kier molecular flexibility index (Phi) is 8.01. The fourth-order valence-electron chi connectivity index (χ4n) is 10.6. The van der Waals surface area contributed by atoms with Crippen LogP contribution in [0.3, 0.4) is 0 Å². The predicted molar refractivity (Wildman–Crippen MR) is 265 cm³/mol. The number of benzene rings is 10. The van der Waals surface area contributed by atoms with Crippen molar-refractivity contribution >= 4 is 43.6 Å². The van der Waals surface area contributed by atoms with E-state index in [1.54, 1.807) is 0 Å². The van der Waals surface area contributed by atoms with Crippen LogP contribution in [0.5, 0.6) is 0 Å². The third kappa shape index (κ3) is 5.58. The summed E-state index contributed by atoms with van der Waals surface area (Å²) in [7, 11) is 0. The fourth-order valence-corrected chi connectivity index (χ4v) is 10.6. The monoisotopic (exact) mass is 800 g/mol. The molecule has 0 radical (unpaired) electrons. The maximum absolute atomic E-state index is 2.46. The van der Waals surface area contributed by atoms with Crippen LogP contribution in [-0.2, 0) is 6.42 Å². The molecule has 0 saturated carbocycles. The highest BCUT2D eigenvalue weighted by molar-refractivity contribution is 6.29. The van der Waals surface area contributed by atoms with Crippen LogP contribution in [0.15, 0.2) is 231 Å². The van der Waals surface area contributed by atoms with E-state index in [9.17, 15) is 0 Å². The lowest BCUT2D eigenvalue weighted by molar-refractivity contribution is 1.17. The van der Waals surface area contributed by atoms with E-state index in [1.807, 2.05) is 0 Å². The highest BCUT2D eigenvalue weighted by Gasteiger charge is 2.25.